The molecular weight excluding hydrogens is 477 g/mol. The number of rotatable bonds is 10. The monoisotopic (exact) mass is 504 g/mol. The summed E-state index contributed by atoms with van der Waals surface area (Å²) in [5, 5.41) is 3.19. The van der Waals surface area contributed by atoms with Crippen molar-refractivity contribution in [2.45, 2.75) is 6.42 Å². The molecule has 0 bridgehead atoms. The molecule has 2 aromatic rings. The number of amides is 1. The van der Waals surface area contributed by atoms with Gasteiger partial charge < -0.3 is 21.3 Å². The fourth-order valence-electron chi connectivity index (χ4n) is 3.01. The molecule has 0 atom stereocenters. The number of nitrogens with one attached hydrogen (secondary N) is 1. The van der Waals surface area contributed by atoms with E-state index in [-0.39, 0.29) is 22.5 Å². The molecule has 0 unspecified atom stereocenters. The number of aromatic nitrogens is 2. The number of halogens is 2. The lowest BCUT2D eigenvalue weighted by Crippen LogP contribution is -2.47. The Balaban J connectivity index is 1.89. The first-order valence-corrected chi connectivity index (χ1v) is 12.3. The van der Waals surface area contributed by atoms with Gasteiger partial charge in [-0.3, -0.25) is 9.10 Å². The third kappa shape index (κ3) is 7.37. The van der Waals surface area contributed by atoms with Gasteiger partial charge in [0.25, 0.3) is 5.91 Å². The molecule has 0 radical (unpaired) electrons. The van der Waals surface area contributed by atoms with Crippen LogP contribution in [0.5, 0.6) is 0 Å². The molecule has 0 saturated carbocycles. The van der Waals surface area contributed by atoms with Gasteiger partial charge in [-0.05, 0) is 24.3 Å². The van der Waals surface area contributed by atoms with E-state index in [9.17, 15) is 13.2 Å². The average Bonchev–Trinajstić information content (AvgIpc) is 2.68. The molecule has 0 saturated heterocycles. The van der Waals surface area contributed by atoms with Gasteiger partial charge in [-0.2, -0.15) is 0 Å². The van der Waals surface area contributed by atoms with Crippen LogP contribution in [0, 0.1) is 0 Å². The SMILES string of the molecule is C[N+](C)(CCCN(c1ccc(Cl)cc1)S(C)(=O)=O)CCNC(=O)c1nc(Cl)c(N)nc1N. The zero-order chi connectivity index (χ0) is 24.1. The van der Waals surface area contributed by atoms with Crippen LogP contribution in [0.3, 0.4) is 0 Å². The molecular formula is C19H28Cl2N7O3S+. The first-order chi connectivity index (χ1) is 14.8. The van der Waals surface area contributed by atoms with Crippen molar-refractivity contribution < 1.29 is 17.7 Å². The summed E-state index contributed by atoms with van der Waals surface area (Å²) in [5.74, 6) is -0.635. The van der Waals surface area contributed by atoms with Crippen molar-refractivity contribution in [2.24, 2.45) is 0 Å². The van der Waals surface area contributed by atoms with E-state index in [1.807, 2.05) is 14.1 Å². The fraction of sp³-hybridized carbons (Fsp3) is 0.421. The van der Waals surface area contributed by atoms with E-state index in [4.69, 9.17) is 34.7 Å². The van der Waals surface area contributed by atoms with Crippen molar-refractivity contribution in [1.82, 2.24) is 15.3 Å². The highest BCUT2D eigenvalue weighted by Gasteiger charge is 2.21. The summed E-state index contributed by atoms with van der Waals surface area (Å²) in [6.45, 7) is 1.96. The first-order valence-electron chi connectivity index (χ1n) is 9.72. The highest BCUT2D eigenvalue weighted by molar-refractivity contribution is 7.92. The van der Waals surface area contributed by atoms with Crippen molar-refractivity contribution in [3.63, 3.8) is 0 Å². The van der Waals surface area contributed by atoms with E-state index in [2.05, 4.69) is 15.3 Å². The van der Waals surface area contributed by atoms with Gasteiger partial charge in [0.1, 0.15) is 0 Å². The molecule has 1 heterocycles. The average molecular weight is 505 g/mol. The summed E-state index contributed by atoms with van der Waals surface area (Å²) in [7, 11) is 0.551. The van der Waals surface area contributed by atoms with Gasteiger partial charge in [-0.1, -0.05) is 23.2 Å². The Bertz CT molecular complexity index is 1060. The fourth-order valence-corrected chi connectivity index (χ4v) is 4.23. The molecule has 2 rings (SSSR count). The number of benzene rings is 1. The van der Waals surface area contributed by atoms with Crippen LogP contribution in [0.2, 0.25) is 10.2 Å². The molecule has 0 fully saturated rings. The number of nitrogens with two attached hydrogens (primary N) is 2. The normalized spacial score (nSPS) is 11.9. The van der Waals surface area contributed by atoms with Gasteiger partial charge in [-0.15, -0.1) is 0 Å². The summed E-state index contributed by atoms with van der Waals surface area (Å²) >= 11 is 11.7. The molecule has 1 aromatic carbocycles. The van der Waals surface area contributed by atoms with Gasteiger partial charge in [0.2, 0.25) is 10.0 Å². The van der Waals surface area contributed by atoms with Gasteiger partial charge in [-0.25, -0.2) is 18.4 Å². The molecule has 10 nitrogen and oxygen atoms in total. The second kappa shape index (κ2) is 10.5. The molecule has 5 N–H and O–H groups in total. The zero-order valence-corrected chi connectivity index (χ0v) is 20.5. The van der Waals surface area contributed by atoms with Gasteiger partial charge in [0, 0.05) is 18.0 Å². The number of quaternary nitrogens is 1. The molecule has 0 aliphatic carbocycles. The predicted molar refractivity (Wildman–Crippen MR) is 128 cm³/mol. The number of hydrogen-bond donors (Lipinski definition) is 3. The van der Waals surface area contributed by atoms with E-state index in [0.29, 0.717) is 47.8 Å². The Morgan fingerprint density at radius 2 is 1.72 bits per heavy atom. The van der Waals surface area contributed by atoms with Crippen molar-refractivity contribution in [3.05, 3.63) is 40.1 Å². The molecule has 1 aromatic heterocycles. The van der Waals surface area contributed by atoms with Crippen molar-refractivity contribution >= 4 is 56.5 Å². The summed E-state index contributed by atoms with van der Waals surface area (Å²) in [6.07, 6.45) is 1.79. The summed E-state index contributed by atoms with van der Waals surface area (Å²) in [6, 6.07) is 6.67. The standard InChI is InChI=1S/C19H27Cl2N7O3S/c1-28(2,12-9-24-19(29)15-17(22)26-18(23)16(21)25-15)11-4-10-27(32(3,30)31)14-7-5-13(20)6-8-14/h5-8H,4,9-12H2,1-3H3,(H4-,22,23,24,26,29)/p+1. The van der Waals surface area contributed by atoms with E-state index >= 15 is 0 Å². The molecule has 13 heteroatoms. The topological polar surface area (TPSA) is 144 Å². The number of hydrogen-bond acceptors (Lipinski definition) is 7. The largest absolute Gasteiger partial charge is 0.382 e. The Morgan fingerprint density at radius 1 is 1.09 bits per heavy atom. The minimum Gasteiger partial charge on any atom is -0.382 e. The third-order valence-electron chi connectivity index (χ3n) is 4.76. The van der Waals surface area contributed by atoms with Crippen molar-refractivity contribution in [2.75, 3.05) is 62.3 Å². The van der Waals surface area contributed by atoms with E-state index in [1.165, 1.54) is 10.6 Å². The van der Waals surface area contributed by atoms with Gasteiger partial charge in [0.05, 0.1) is 45.7 Å². The van der Waals surface area contributed by atoms with E-state index in [0.717, 1.165) is 0 Å². The molecule has 0 spiro atoms. The van der Waals surface area contributed by atoms with Gasteiger partial charge in [0.15, 0.2) is 22.5 Å². The van der Waals surface area contributed by atoms with Crippen LogP contribution < -0.4 is 21.1 Å². The maximum absolute atomic E-state index is 12.3. The second-order valence-electron chi connectivity index (χ2n) is 7.94. The van der Waals surface area contributed by atoms with Crippen LogP contribution in [0.15, 0.2) is 24.3 Å². The minimum atomic E-state index is -3.44. The number of nitrogens with zero attached hydrogens (tertiary/aromatic N) is 4. The molecule has 0 aliphatic rings. The van der Waals surface area contributed by atoms with Crippen molar-refractivity contribution in [3.8, 4) is 0 Å². The Kier molecular flexibility index (Phi) is 8.52. The summed E-state index contributed by atoms with van der Waals surface area (Å²) in [5.41, 5.74) is 11.7. The number of likely N-dealkylation sites (N-methyl/N-ethyl adjacent to an activating group) is 1. The van der Waals surface area contributed by atoms with Crippen LogP contribution in [0.1, 0.15) is 16.9 Å². The Morgan fingerprint density at radius 3 is 2.31 bits per heavy atom. The van der Waals surface area contributed by atoms with Crippen LogP contribution in [0.4, 0.5) is 17.3 Å². The number of anilines is 3. The number of sulfonamides is 1. The summed E-state index contributed by atoms with van der Waals surface area (Å²) in [4.78, 5) is 20.0. The zero-order valence-electron chi connectivity index (χ0n) is 18.2. The van der Waals surface area contributed by atoms with Crippen LogP contribution in [-0.2, 0) is 10.0 Å². The Hall–Kier alpha value is -2.34. The lowest BCUT2D eigenvalue weighted by Gasteiger charge is -2.31. The highest BCUT2D eigenvalue weighted by Crippen LogP contribution is 2.21. The van der Waals surface area contributed by atoms with Gasteiger partial charge >= 0.3 is 0 Å². The molecule has 0 aliphatic heterocycles. The first kappa shape index (κ1) is 25.9. The van der Waals surface area contributed by atoms with E-state index < -0.39 is 15.9 Å². The van der Waals surface area contributed by atoms with Crippen LogP contribution in [-0.4, -0.2) is 75.3 Å². The lowest BCUT2D eigenvalue weighted by atomic mass is 10.3. The number of carbonyl (C=O) groups is 1. The van der Waals surface area contributed by atoms with E-state index in [1.54, 1.807) is 24.3 Å². The molecule has 176 valence electrons. The second-order valence-corrected chi connectivity index (χ2v) is 10.6. The smallest absolute Gasteiger partial charge is 0.273 e. The van der Waals surface area contributed by atoms with Crippen molar-refractivity contribution in [1.29, 1.82) is 0 Å². The van der Waals surface area contributed by atoms with Crippen LogP contribution in [0.25, 0.3) is 0 Å². The molecule has 1 amide bonds. The maximum Gasteiger partial charge on any atom is 0.273 e. The maximum atomic E-state index is 12.3. The van der Waals surface area contributed by atoms with Crippen LogP contribution >= 0.6 is 23.2 Å². The summed E-state index contributed by atoms with van der Waals surface area (Å²) < 4.78 is 26.4. The minimum absolute atomic E-state index is 0.0414. The highest BCUT2D eigenvalue weighted by atomic mass is 35.5. The third-order valence-corrected chi connectivity index (χ3v) is 6.49. The quantitative estimate of drug-likeness (QED) is 0.416. The lowest BCUT2D eigenvalue weighted by molar-refractivity contribution is -0.889. The number of nitrogen functional groups attached to an aromatic ring is 2. The molecule has 32 heavy (non-hydrogen) atoms. The number of carbonyl (C=O) groups excluding carboxylic acids is 1. The Labute approximate surface area is 198 Å². The predicted octanol–water partition coefficient (Wildman–Crippen LogP) is 1.61.